The average molecular weight is 382 g/mol. The zero-order valence-electron chi connectivity index (χ0n) is 16.7. The fourth-order valence-corrected chi connectivity index (χ4v) is 4.04. The van der Waals surface area contributed by atoms with Crippen LogP contribution in [0.2, 0.25) is 0 Å². The van der Waals surface area contributed by atoms with E-state index in [1.807, 2.05) is 24.8 Å². The molecule has 1 saturated heterocycles. The molecule has 1 aliphatic carbocycles. The van der Waals surface area contributed by atoms with E-state index in [1.54, 1.807) is 0 Å². The number of ether oxygens (including phenoxy) is 2. The van der Waals surface area contributed by atoms with Crippen LogP contribution in [0.3, 0.4) is 0 Å². The number of hydrogen-bond acceptors (Lipinski definition) is 5. The van der Waals surface area contributed by atoms with Gasteiger partial charge in [-0.25, -0.2) is 0 Å². The van der Waals surface area contributed by atoms with Gasteiger partial charge >= 0.3 is 0 Å². The van der Waals surface area contributed by atoms with Gasteiger partial charge in [-0.3, -0.25) is 9.97 Å². The van der Waals surface area contributed by atoms with Gasteiger partial charge in [-0.2, -0.15) is 0 Å². The molecule has 0 spiro atoms. The van der Waals surface area contributed by atoms with Crippen molar-refractivity contribution in [1.29, 1.82) is 0 Å². The number of aryl methyl sites for hydroxylation is 1. The van der Waals surface area contributed by atoms with Crippen LogP contribution in [-0.4, -0.2) is 42.4 Å². The number of aromatic nitrogens is 2. The molecule has 0 radical (unpaired) electrons. The van der Waals surface area contributed by atoms with Gasteiger partial charge in [0.1, 0.15) is 12.4 Å². The summed E-state index contributed by atoms with van der Waals surface area (Å²) in [5.41, 5.74) is 2.64. The first-order chi connectivity index (χ1) is 13.8. The van der Waals surface area contributed by atoms with Crippen LogP contribution in [0.1, 0.15) is 43.2 Å². The number of nitrogens with one attached hydrogen (secondary N) is 1. The van der Waals surface area contributed by atoms with Crippen molar-refractivity contribution in [2.24, 2.45) is 11.8 Å². The van der Waals surface area contributed by atoms with Crippen molar-refractivity contribution in [3.05, 3.63) is 54.1 Å². The van der Waals surface area contributed by atoms with Crippen LogP contribution in [0.15, 0.2) is 43.0 Å². The smallest absolute Gasteiger partial charge is 0.137 e. The molecule has 3 heterocycles. The topological polar surface area (TPSA) is 56.3 Å². The number of hydrogen-bond donors (Lipinski definition) is 1. The van der Waals surface area contributed by atoms with Crippen molar-refractivity contribution < 1.29 is 9.47 Å². The lowest BCUT2D eigenvalue weighted by atomic mass is 10.1. The van der Waals surface area contributed by atoms with Crippen molar-refractivity contribution in [3.63, 3.8) is 0 Å². The number of rotatable bonds is 11. The van der Waals surface area contributed by atoms with Crippen molar-refractivity contribution in [1.82, 2.24) is 15.3 Å². The summed E-state index contributed by atoms with van der Waals surface area (Å²) in [6, 6.07) is 6.85. The highest BCUT2D eigenvalue weighted by Crippen LogP contribution is 2.53. The summed E-state index contributed by atoms with van der Waals surface area (Å²) in [7, 11) is 0. The molecule has 4 atom stereocenters. The molecule has 2 aromatic heterocycles. The molecule has 150 valence electrons. The summed E-state index contributed by atoms with van der Waals surface area (Å²) in [5.74, 6) is 2.70. The van der Waals surface area contributed by atoms with E-state index in [4.69, 9.17) is 9.47 Å². The Morgan fingerprint density at radius 1 is 1.11 bits per heavy atom. The predicted octanol–water partition coefficient (Wildman–Crippen LogP) is 3.61. The monoisotopic (exact) mass is 381 g/mol. The first-order valence-corrected chi connectivity index (χ1v) is 10.6. The van der Waals surface area contributed by atoms with E-state index in [0.29, 0.717) is 23.8 Å². The summed E-state index contributed by atoms with van der Waals surface area (Å²) >= 11 is 0. The Hall–Kier alpha value is -1.98. The Bertz CT molecular complexity index is 736. The third-order valence-corrected chi connectivity index (χ3v) is 6.12. The van der Waals surface area contributed by atoms with Crippen LogP contribution in [-0.2, 0) is 11.2 Å². The lowest BCUT2D eigenvalue weighted by molar-refractivity contribution is 0.117. The maximum absolute atomic E-state index is 5.98. The molecular weight excluding hydrogens is 350 g/mol. The molecule has 1 N–H and O–H groups in total. The summed E-state index contributed by atoms with van der Waals surface area (Å²) in [4.78, 5) is 8.45. The Morgan fingerprint density at radius 2 is 1.96 bits per heavy atom. The number of nitrogens with zero attached hydrogens (tertiary/aromatic N) is 2. The third kappa shape index (κ3) is 5.09. The molecule has 1 saturated carbocycles. The average Bonchev–Trinajstić information content (AvgIpc) is 3.34. The SMILES string of the molecule is CC1C(COCCCCc2ccncc2)C1c1cncc(OCC2CCN2)c1. The van der Waals surface area contributed by atoms with Crippen LogP contribution in [0.4, 0.5) is 0 Å². The lowest BCUT2D eigenvalue weighted by Gasteiger charge is -2.27. The zero-order valence-corrected chi connectivity index (χ0v) is 16.7. The van der Waals surface area contributed by atoms with Crippen LogP contribution in [0.25, 0.3) is 0 Å². The largest absolute Gasteiger partial charge is 0.490 e. The maximum Gasteiger partial charge on any atom is 0.137 e. The van der Waals surface area contributed by atoms with Crippen molar-refractivity contribution in [2.75, 3.05) is 26.4 Å². The molecule has 2 aromatic rings. The first-order valence-electron chi connectivity index (χ1n) is 10.6. The van der Waals surface area contributed by atoms with E-state index < -0.39 is 0 Å². The van der Waals surface area contributed by atoms with E-state index >= 15 is 0 Å². The molecule has 28 heavy (non-hydrogen) atoms. The zero-order chi connectivity index (χ0) is 19.2. The summed E-state index contributed by atoms with van der Waals surface area (Å²) < 4.78 is 11.9. The highest BCUT2D eigenvalue weighted by molar-refractivity contribution is 5.31. The van der Waals surface area contributed by atoms with Gasteiger partial charge < -0.3 is 14.8 Å². The number of unbranched alkanes of at least 4 members (excludes halogenated alkanes) is 1. The minimum atomic E-state index is 0.503. The van der Waals surface area contributed by atoms with Crippen LogP contribution in [0, 0.1) is 11.8 Å². The standard InChI is InChI=1S/C23H31N3O2/c1-17-22(16-27-11-3-2-4-18-5-8-24-9-6-18)23(17)19-12-21(14-25-13-19)28-15-20-7-10-26-20/h5-6,8-9,12-14,17,20,22-23,26H,2-4,7,10-11,15-16H2,1H3. The quantitative estimate of drug-likeness (QED) is 0.603. The second kappa shape index (κ2) is 9.48. The van der Waals surface area contributed by atoms with Crippen LogP contribution < -0.4 is 10.1 Å². The highest BCUT2D eigenvalue weighted by atomic mass is 16.5. The minimum absolute atomic E-state index is 0.503. The summed E-state index contributed by atoms with van der Waals surface area (Å²) in [5, 5.41) is 3.36. The highest BCUT2D eigenvalue weighted by Gasteiger charge is 2.47. The molecule has 5 nitrogen and oxygen atoms in total. The maximum atomic E-state index is 5.98. The van der Waals surface area contributed by atoms with Gasteiger partial charge in [0, 0.05) is 31.2 Å². The molecule has 0 aromatic carbocycles. The Morgan fingerprint density at radius 3 is 2.75 bits per heavy atom. The van der Waals surface area contributed by atoms with Gasteiger partial charge in [-0.05, 0) is 79.3 Å². The van der Waals surface area contributed by atoms with Gasteiger partial charge in [0.15, 0.2) is 0 Å². The van der Waals surface area contributed by atoms with E-state index in [2.05, 4.69) is 40.4 Å². The van der Waals surface area contributed by atoms with Gasteiger partial charge in [0.25, 0.3) is 0 Å². The molecule has 4 unspecified atom stereocenters. The Balaban J connectivity index is 1.15. The van der Waals surface area contributed by atoms with Crippen LogP contribution in [0.5, 0.6) is 5.75 Å². The molecule has 5 heteroatoms. The van der Waals surface area contributed by atoms with E-state index in [0.717, 1.165) is 51.4 Å². The molecule has 1 aliphatic heterocycles. The van der Waals surface area contributed by atoms with E-state index in [-0.39, 0.29) is 0 Å². The second-order valence-corrected chi connectivity index (χ2v) is 8.14. The Kier molecular flexibility index (Phi) is 6.55. The van der Waals surface area contributed by atoms with Gasteiger partial charge in [0.05, 0.1) is 12.8 Å². The molecular formula is C23H31N3O2. The van der Waals surface area contributed by atoms with Crippen molar-refractivity contribution in [3.8, 4) is 5.75 Å². The van der Waals surface area contributed by atoms with Gasteiger partial charge in [-0.1, -0.05) is 6.92 Å². The van der Waals surface area contributed by atoms with Crippen molar-refractivity contribution in [2.45, 2.75) is 44.6 Å². The van der Waals surface area contributed by atoms with Crippen LogP contribution >= 0.6 is 0 Å². The summed E-state index contributed by atoms with van der Waals surface area (Å²) in [6.07, 6.45) is 12.1. The third-order valence-electron chi connectivity index (χ3n) is 6.12. The first kappa shape index (κ1) is 19.3. The normalized spacial score (nSPS) is 25.9. The lowest BCUT2D eigenvalue weighted by Crippen LogP contribution is -2.46. The van der Waals surface area contributed by atoms with E-state index in [1.165, 1.54) is 17.5 Å². The predicted molar refractivity (Wildman–Crippen MR) is 110 cm³/mol. The summed E-state index contributed by atoms with van der Waals surface area (Å²) in [6.45, 7) is 5.84. The van der Waals surface area contributed by atoms with E-state index in [9.17, 15) is 0 Å². The molecule has 4 rings (SSSR count). The van der Waals surface area contributed by atoms with Gasteiger partial charge in [0.2, 0.25) is 0 Å². The molecule has 0 bridgehead atoms. The second-order valence-electron chi connectivity index (χ2n) is 8.14. The molecule has 2 fully saturated rings. The van der Waals surface area contributed by atoms with Crippen molar-refractivity contribution >= 4 is 0 Å². The molecule has 2 aliphatic rings. The van der Waals surface area contributed by atoms with Gasteiger partial charge in [-0.15, -0.1) is 0 Å². The number of pyridine rings is 2. The fourth-order valence-electron chi connectivity index (χ4n) is 4.04. The molecule has 0 amide bonds. The minimum Gasteiger partial charge on any atom is -0.490 e. The fraction of sp³-hybridized carbons (Fsp3) is 0.565. The Labute approximate surface area is 167 Å².